The van der Waals surface area contributed by atoms with Gasteiger partial charge in [0.15, 0.2) is 0 Å². The summed E-state index contributed by atoms with van der Waals surface area (Å²) in [5.74, 6) is 1.43. The zero-order chi connectivity index (χ0) is 14.5. The van der Waals surface area contributed by atoms with Gasteiger partial charge in [-0.1, -0.05) is 50.2 Å². The molecular formula is C18H23NO. The minimum Gasteiger partial charge on any atom is -0.489 e. The van der Waals surface area contributed by atoms with Gasteiger partial charge in [-0.15, -0.1) is 0 Å². The molecule has 1 atom stereocenters. The maximum Gasteiger partial charge on any atom is 0.120 e. The van der Waals surface area contributed by atoms with E-state index in [1.807, 2.05) is 31.2 Å². The molecule has 0 radical (unpaired) electrons. The molecule has 2 aromatic carbocycles. The van der Waals surface area contributed by atoms with Crippen LogP contribution >= 0.6 is 0 Å². The lowest BCUT2D eigenvalue weighted by molar-refractivity contribution is 0.305. The van der Waals surface area contributed by atoms with E-state index in [0.717, 1.165) is 11.3 Å². The van der Waals surface area contributed by atoms with Gasteiger partial charge in [0.25, 0.3) is 0 Å². The highest BCUT2D eigenvalue weighted by molar-refractivity contribution is 5.31. The predicted molar refractivity (Wildman–Crippen MR) is 83.9 cm³/mol. The largest absolute Gasteiger partial charge is 0.489 e. The van der Waals surface area contributed by atoms with Crippen molar-refractivity contribution in [2.45, 2.75) is 39.3 Å². The normalized spacial score (nSPS) is 12.4. The number of nitrogens with two attached hydrogens (primary N) is 1. The lowest BCUT2D eigenvalue weighted by atomic mass is 10.0. The van der Waals surface area contributed by atoms with Crippen LogP contribution < -0.4 is 10.5 Å². The zero-order valence-corrected chi connectivity index (χ0v) is 12.5. The molecule has 0 saturated carbocycles. The molecule has 0 heterocycles. The van der Waals surface area contributed by atoms with E-state index in [1.165, 1.54) is 11.1 Å². The molecule has 2 aromatic rings. The quantitative estimate of drug-likeness (QED) is 0.872. The van der Waals surface area contributed by atoms with Crippen LogP contribution in [0.3, 0.4) is 0 Å². The third-order valence-electron chi connectivity index (χ3n) is 3.44. The van der Waals surface area contributed by atoms with E-state index in [9.17, 15) is 0 Å². The van der Waals surface area contributed by atoms with E-state index >= 15 is 0 Å². The minimum atomic E-state index is 0.0314. The molecule has 2 rings (SSSR count). The Bertz CT molecular complexity index is 544. The van der Waals surface area contributed by atoms with Crippen LogP contribution in [0, 0.1) is 0 Å². The van der Waals surface area contributed by atoms with E-state index in [0.29, 0.717) is 12.5 Å². The maximum absolute atomic E-state index is 5.88. The van der Waals surface area contributed by atoms with Crippen LogP contribution in [0.2, 0.25) is 0 Å². The van der Waals surface area contributed by atoms with Crippen molar-refractivity contribution in [1.82, 2.24) is 0 Å². The fourth-order valence-corrected chi connectivity index (χ4v) is 2.05. The van der Waals surface area contributed by atoms with E-state index in [4.69, 9.17) is 10.5 Å². The first-order valence-corrected chi connectivity index (χ1v) is 7.13. The number of benzene rings is 2. The molecule has 0 amide bonds. The van der Waals surface area contributed by atoms with Crippen molar-refractivity contribution < 1.29 is 4.74 Å². The van der Waals surface area contributed by atoms with Gasteiger partial charge in [-0.2, -0.15) is 0 Å². The molecule has 0 saturated heterocycles. The fraction of sp³-hybridized carbons (Fsp3) is 0.333. The number of ether oxygens (including phenoxy) is 1. The van der Waals surface area contributed by atoms with Crippen LogP contribution in [-0.2, 0) is 6.61 Å². The van der Waals surface area contributed by atoms with Crippen LogP contribution in [0.4, 0.5) is 0 Å². The van der Waals surface area contributed by atoms with Gasteiger partial charge in [0.2, 0.25) is 0 Å². The van der Waals surface area contributed by atoms with Crippen molar-refractivity contribution in [3.63, 3.8) is 0 Å². The Labute approximate surface area is 121 Å². The smallest absolute Gasteiger partial charge is 0.120 e. The standard InChI is InChI=1S/C18H23NO/c1-13(2)16-9-7-15(8-10-16)12-20-18-6-4-5-17(11-18)14(3)19/h4-11,13-14H,12,19H2,1-3H3/t14-/m1/s1. The van der Waals surface area contributed by atoms with Crippen molar-refractivity contribution in [3.05, 3.63) is 65.2 Å². The first kappa shape index (κ1) is 14.6. The summed E-state index contributed by atoms with van der Waals surface area (Å²) >= 11 is 0. The third-order valence-corrected chi connectivity index (χ3v) is 3.44. The summed E-state index contributed by atoms with van der Waals surface area (Å²) in [6.07, 6.45) is 0. The Kier molecular flexibility index (Phi) is 4.80. The minimum absolute atomic E-state index is 0.0314. The zero-order valence-electron chi connectivity index (χ0n) is 12.5. The molecule has 20 heavy (non-hydrogen) atoms. The summed E-state index contributed by atoms with van der Waals surface area (Å²) < 4.78 is 5.83. The maximum atomic E-state index is 5.88. The van der Waals surface area contributed by atoms with Gasteiger partial charge in [0, 0.05) is 6.04 Å². The van der Waals surface area contributed by atoms with Crippen LogP contribution in [-0.4, -0.2) is 0 Å². The highest BCUT2D eigenvalue weighted by Gasteiger charge is 2.02. The topological polar surface area (TPSA) is 35.2 Å². The summed E-state index contributed by atoms with van der Waals surface area (Å²) in [7, 11) is 0. The Balaban J connectivity index is 1.99. The summed E-state index contributed by atoms with van der Waals surface area (Å²) in [4.78, 5) is 0. The molecule has 0 spiro atoms. The monoisotopic (exact) mass is 269 g/mol. The summed E-state index contributed by atoms with van der Waals surface area (Å²) in [6, 6.07) is 16.6. The van der Waals surface area contributed by atoms with E-state index < -0.39 is 0 Å². The Morgan fingerprint density at radius 2 is 1.65 bits per heavy atom. The Morgan fingerprint density at radius 1 is 0.950 bits per heavy atom. The summed E-state index contributed by atoms with van der Waals surface area (Å²) in [5.41, 5.74) is 9.51. The molecule has 2 nitrogen and oxygen atoms in total. The molecule has 0 aromatic heterocycles. The van der Waals surface area contributed by atoms with Crippen LogP contribution in [0.25, 0.3) is 0 Å². The van der Waals surface area contributed by atoms with Gasteiger partial charge in [-0.3, -0.25) is 0 Å². The highest BCUT2D eigenvalue weighted by atomic mass is 16.5. The second-order valence-electron chi connectivity index (χ2n) is 5.55. The SMILES string of the molecule is CC(C)c1ccc(COc2cccc([C@@H](C)N)c2)cc1. The third kappa shape index (κ3) is 3.84. The van der Waals surface area contributed by atoms with Crippen LogP contribution in [0.1, 0.15) is 49.4 Å². The van der Waals surface area contributed by atoms with Gasteiger partial charge in [-0.05, 0) is 41.7 Å². The summed E-state index contributed by atoms with van der Waals surface area (Å²) in [5, 5.41) is 0. The van der Waals surface area contributed by atoms with Crippen molar-refractivity contribution in [3.8, 4) is 5.75 Å². The lowest BCUT2D eigenvalue weighted by Crippen LogP contribution is -2.05. The molecule has 0 fully saturated rings. The predicted octanol–water partition coefficient (Wildman–Crippen LogP) is 4.41. The van der Waals surface area contributed by atoms with E-state index in [-0.39, 0.29) is 6.04 Å². The van der Waals surface area contributed by atoms with Gasteiger partial charge in [0.1, 0.15) is 12.4 Å². The molecule has 0 aliphatic carbocycles. The van der Waals surface area contributed by atoms with Crippen molar-refractivity contribution >= 4 is 0 Å². The molecule has 0 aliphatic rings. The number of rotatable bonds is 5. The number of hydrogen-bond donors (Lipinski definition) is 1. The first-order valence-electron chi connectivity index (χ1n) is 7.13. The van der Waals surface area contributed by atoms with E-state index in [2.05, 4.69) is 38.1 Å². The second-order valence-corrected chi connectivity index (χ2v) is 5.55. The second kappa shape index (κ2) is 6.58. The molecule has 2 heteroatoms. The van der Waals surface area contributed by atoms with Gasteiger partial charge >= 0.3 is 0 Å². The molecule has 106 valence electrons. The average molecular weight is 269 g/mol. The molecule has 0 unspecified atom stereocenters. The van der Waals surface area contributed by atoms with Crippen molar-refractivity contribution in [1.29, 1.82) is 0 Å². The lowest BCUT2D eigenvalue weighted by Gasteiger charge is -2.11. The Morgan fingerprint density at radius 3 is 2.25 bits per heavy atom. The summed E-state index contributed by atoms with van der Waals surface area (Å²) in [6.45, 7) is 6.96. The van der Waals surface area contributed by atoms with Crippen LogP contribution in [0.5, 0.6) is 5.75 Å². The molecule has 2 N–H and O–H groups in total. The average Bonchev–Trinajstić information content (AvgIpc) is 2.46. The Hall–Kier alpha value is -1.80. The van der Waals surface area contributed by atoms with Crippen molar-refractivity contribution in [2.75, 3.05) is 0 Å². The number of hydrogen-bond acceptors (Lipinski definition) is 2. The van der Waals surface area contributed by atoms with Crippen LogP contribution in [0.15, 0.2) is 48.5 Å². The molecule has 0 aliphatic heterocycles. The fourth-order valence-electron chi connectivity index (χ4n) is 2.05. The van der Waals surface area contributed by atoms with E-state index in [1.54, 1.807) is 0 Å². The van der Waals surface area contributed by atoms with Gasteiger partial charge in [-0.25, -0.2) is 0 Å². The molecular weight excluding hydrogens is 246 g/mol. The molecule has 0 bridgehead atoms. The van der Waals surface area contributed by atoms with Gasteiger partial charge < -0.3 is 10.5 Å². The van der Waals surface area contributed by atoms with Crippen molar-refractivity contribution in [2.24, 2.45) is 5.73 Å². The van der Waals surface area contributed by atoms with Gasteiger partial charge in [0.05, 0.1) is 0 Å². The highest BCUT2D eigenvalue weighted by Crippen LogP contribution is 2.19. The first-order chi connectivity index (χ1) is 9.56.